The van der Waals surface area contributed by atoms with Crippen LogP contribution < -0.4 is 11.1 Å². The number of nitrogens with two attached hydrogens (primary N) is 1. The lowest BCUT2D eigenvalue weighted by Gasteiger charge is -2.02. The molecule has 0 aliphatic carbocycles. The van der Waals surface area contributed by atoms with E-state index in [1.165, 1.54) is 0 Å². The van der Waals surface area contributed by atoms with Crippen LogP contribution >= 0.6 is 0 Å². The molecule has 1 saturated heterocycles. The Bertz CT molecular complexity index is 257. The van der Waals surface area contributed by atoms with Crippen molar-refractivity contribution in [3.05, 3.63) is 11.3 Å². The zero-order chi connectivity index (χ0) is 9.14. The van der Waals surface area contributed by atoms with Crippen LogP contribution in [0.2, 0.25) is 0 Å². The topological polar surface area (TPSA) is 81.4 Å². The average molecular weight is 170 g/mol. The standard InChI is InChI=1S/C7H10N2O3/c1-4(9-7(8)11)5-2-3-12-6(5)10/h2-3H2,1H3,(H3,8,9,11)/b5-4+. The Morgan fingerprint density at radius 2 is 2.33 bits per heavy atom. The van der Waals surface area contributed by atoms with E-state index in [0.717, 1.165) is 0 Å². The Hall–Kier alpha value is -1.52. The van der Waals surface area contributed by atoms with Gasteiger partial charge in [0.25, 0.3) is 0 Å². The lowest BCUT2D eigenvalue weighted by molar-refractivity contribution is -0.135. The van der Waals surface area contributed by atoms with Crippen LogP contribution in [0, 0.1) is 0 Å². The van der Waals surface area contributed by atoms with Crippen molar-refractivity contribution in [2.45, 2.75) is 13.3 Å². The van der Waals surface area contributed by atoms with Gasteiger partial charge in [0.15, 0.2) is 0 Å². The Morgan fingerprint density at radius 3 is 2.75 bits per heavy atom. The number of carbonyl (C=O) groups excluding carboxylic acids is 2. The van der Waals surface area contributed by atoms with Crippen LogP contribution in [-0.2, 0) is 9.53 Å². The van der Waals surface area contributed by atoms with Crippen molar-refractivity contribution in [1.29, 1.82) is 0 Å². The Balaban J connectivity index is 2.74. The fraction of sp³-hybridized carbons (Fsp3) is 0.429. The fourth-order valence-electron chi connectivity index (χ4n) is 1.04. The summed E-state index contributed by atoms with van der Waals surface area (Å²) in [7, 11) is 0. The molecule has 12 heavy (non-hydrogen) atoms. The van der Waals surface area contributed by atoms with Gasteiger partial charge < -0.3 is 15.8 Å². The maximum absolute atomic E-state index is 10.9. The van der Waals surface area contributed by atoms with Crippen LogP contribution in [0.25, 0.3) is 0 Å². The number of primary amides is 1. The zero-order valence-corrected chi connectivity index (χ0v) is 6.72. The van der Waals surface area contributed by atoms with E-state index < -0.39 is 6.03 Å². The number of hydrogen-bond donors (Lipinski definition) is 2. The van der Waals surface area contributed by atoms with Gasteiger partial charge in [-0.2, -0.15) is 0 Å². The molecule has 1 aliphatic rings. The number of allylic oxidation sites excluding steroid dienone is 1. The highest BCUT2D eigenvalue weighted by atomic mass is 16.5. The first kappa shape index (κ1) is 8.58. The highest BCUT2D eigenvalue weighted by molar-refractivity contribution is 5.91. The average Bonchev–Trinajstić information content (AvgIpc) is 2.33. The molecule has 1 rings (SSSR count). The van der Waals surface area contributed by atoms with E-state index in [2.05, 4.69) is 10.1 Å². The molecule has 5 heteroatoms. The molecule has 0 spiro atoms. The number of urea groups is 1. The lowest BCUT2D eigenvalue weighted by atomic mass is 10.2. The summed E-state index contributed by atoms with van der Waals surface area (Å²) in [6.45, 7) is 2.00. The van der Waals surface area contributed by atoms with Crippen LogP contribution in [0.15, 0.2) is 11.3 Å². The first-order valence-corrected chi connectivity index (χ1v) is 3.54. The van der Waals surface area contributed by atoms with Crippen molar-refractivity contribution in [1.82, 2.24) is 5.32 Å². The number of esters is 1. The third kappa shape index (κ3) is 1.75. The predicted molar refractivity (Wildman–Crippen MR) is 41.0 cm³/mol. The van der Waals surface area contributed by atoms with E-state index in [4.69, 9.17) is 5.73 Å². The van der Waals surface area contributed by atoms with Crippen molar-refractivity contribution in [3.8, 4) is 0 Å². The molecule has 0 aromatic carbocycles. The molecule has 0 aromatic rings. The van der Waals surface area contributed by atoms with Crippen molar-refractivity contribution >= 4 is 12.0 Å². The molecule has 66 valence electrons. The van der Waals surface area contributed by atoms with Gasteiger partial charge in [0.05, 0.1) is 12.2 Å². The van der Waals surface area contributed by atoms with Crippen molar-refractivity contribution in [2.24, 2.45) is 5.73 Å². The van der Waals surface area contributed by atoms with E-state index in [9.17, 15) is 9.59 Å². The molecule has 1 fully saturated rings. The Kier molecular flexibility index (Phi) is 2.32. The highest BCUT2D eigenvalue weighted by Gasteiger charge is 2.21. The monoisotopic (exact) mass is 170 g/mol. The summed E-state index contributed by atoms with van der Waals surface area (Å²) >= 11 is 0. The quantitative estimate of drug-likeness (QED) is 0.425. The van der Waals surface area contributed by atoms with Crippen LogP contribution in [0.1, 0.15) is 13.3 Å². The van der Waals surface area contributed by atoms with Crippen LogP contribution in [0.5, 0.6) is 0 Å². The molecule has 0 aromatic heterocycles. The van der Waals surface area contributed by atoms with Gasteiger partial charge in [-0.15, -0.1) is 0 Å². The van der Waals surface area contributed by atoms with Crippen LogP contribution in [0.3, 0.4) is 0 Å². The fourth-order valence-corrected chi connectivity index (χ4v) is 1.04. The molecule has 0 saturated carbocycles. The summed E-state index contributed by atoms with van der Waals surface area (Å²) in [5.41, 5.74) is 5.84. The molecule has 1 aliphatic heterocycles. The first-order valence-electron chi connectivity index (χ1n) is 3.54. The van der Waals surface area contributed by atoms with E-state index in [-0.39, 0.29) is 5.97 Å². The van der Waals surface area contributed by atoms with Crippen LogP contribution in [-0.4, -0.2) is 18.6 Å². The molecule has 0 radical (unpaired) electrons. The molecular weight excluding hydrogens is 160 g/mol. The smallest absolute Gasteiger partial charge is 0.335 e. The number of hydrogen-bond acceptors (Lipinski definition) is 3. The van der Waals surface area contributed by atoms with Gasteiger partial charge >= 0.3 is 12.0 Å². The summed E-state index contributed by atoms with van der Waals surface area (Å²) in [5, 5.41) is 2.33. The van der Waals surface area contributed by atoms with E-state index in [1.807, 2.05) is 0 Å². The number of carbonyl (C=O) groups is 2. The van der Waals surface area contributed by atoms with Crippen LogP contribution in [0.4, 0.5) is 4.79 Å². The number of cyclic esters (lactones) is 1. The zero-order valence-electron chi connectivity index (χ0n) is 6.72. The maximum atomic E-state index is 10.9. The number of ether oxygens (including phenoxy) is 1. The summed E-state index contributed by atoms with van der Waals surface area (Å²) in [4.78, 5) is 21.3. The minimum absolute atomic E-state index is 0.374. The molecule has 1 heterocycles. The SMILES string of the molecule is C/C(NC(N)=O)=C1/CCOC1=O. The highest BCUT2D eigenvalue weighted by Crippen LogP contribution is 2.15. The van der Waals surface area contributed by atoms with Crippen molar-refractivity contribution in [2.75, 3.05) is 6.61 Å². The van der Waals surface area contributed by atoms with Gasteiger partial charge in [-0.25, -0.2) is 9.59 Å². The molecule has 3 N–H and O–H groups in total. The van der Waals surface area contributed by atoms with E-state index >= 15 is 0 Å². The van der Waals surface area contributed by atoms with Gasteiger partial charge in [0.1, 0.15) is 0 Å². The van der Waals surface area contributed by atoms with Gasteiger partial charge in [0.2, 0.25) is 0 Å². The third-order valence-electron chi connectivity index (χ3n) is 1.59. The second-order valence-electron chi connectivity index (χ2n) is 2.48. The normalized spacial score (nSPS) is 20.2. The second kappa shape index (κ2) is 3.25. The van der Waals surface area contributed by atoms with E-state index in [0.29, 0.717) is 24.3 Å². The van der Waals surface area contributed by atoms with E-state index in [1.54, 1.807) is 6.92 Å². The summed E-state index contributed by atoms with van der Waals surface area (Å²) < 4.78 is 4.68. The van der Waals surface area contributed by atoms with Gasteiger partial charge in [0, 0.05) is 12.1 Å². The van der Waals surface area contributed by atoms with Gasteiger partial charge in [-0.3, -0.25) is 0 Å². The molecule has 5 nitrogen and oxygen atoms in total. The maximum Gasteiger partial charge on any atom is 0.335 e. The summed E-state index contributed by atoms with van der Waals surface area (Å²) in [5.74, 6) is -0.374. The predicted octanol–water partition coefficient (Wildman–Crippen LogP) is -0.124. The number of amides is 2. The first-order chi connectivity index (χ1) is 5.61. The molecular formula is C7H10N2O3. The summed E-state index contributed by atoms with van der Waals surface area (Å²) in [6, 6.07) is -0.667. The van der Waals surface area contributed by atoms with Gasteiger partial charge in [-0.1, -0.05) is 0 Å². The van der Waals surface area contributed by atoms with Crippen molar-refractivity contribution in [3.63, 3.8) is 0 Å². The number of rotatable bonds is 1. The third-order valence-corrected chi connectivity index (χ3v) is 1.59. The molecule has 0 atom stereocenters. The van der Waals surface area contributed by atoms with Gasteiger partial charge in [-0.05, 0) is 6.92 Å². The lowest BCUT2D eigenvalue weighted by Crippen LogP contribution is -2.28. The molecule has 0 bridgehead atoms. The second-order valence-corrected chi connectivity index (χ2v) is 2.48. The molecule has 0 unspecified atom stereocenters. The van der Waals surface area contributed by atoms with Crippen molar-refractivity contribution < 1.29 is 14.3 Å². The minimum atomic E-state index is -0.667. The number of nitrogens with one attached hydrogen (secondary N) is 1. The largest absolute Gasteiger partial charge is 0.462 e. The Morgan fingerprint density at radius 1 is 1.67 bits per heavy atom. The summed E-state index contributed by atoms with van der Waals surface area (Å²) in [6.07, 6.45) is 0.533. The Labute approximate surface area is 69.6 Å². The minimum Gasteiger partial charge on any atom is -0.462 e. The molecule has 2 amide bonds.